The monoisotopic (exact) mass is 652 g/mol. The zero-order valence-electron chi connectivity index (χ0n) is 27.5. The van der Waals surface area contributed by atoms with Crippen molar-refractivity contribution in [2.24, 2.45) is 0 Å². The quantitative estimate of drug-likeness (QED) is 0.178. The van der Waals surface area contributed by atoms with Crippen LogP contribution in [0.25, 0.3) is 10.8 Å². The number of hydrogen-bond donors (Lipinski definition) is 0. The van der Waals surface area contributed by atoms with Gasteiger partial charge in [-0.2, -0.15) is 0 Å². The fourth-order valence-corrected chi connectivity index (χ4v) is 8.44. The van der Waals surface area contributed by atoms with Gasteiger partial charge in [-0.25, -0.2) is 0 Å². The first-order valence-corrected chi connectivity index (χ1v) is 17.3. The van der Waals surface area contributed by atoms with Gasteiger partial charge in [-0.15, -0.1) is 0 Å². The molecule has 0 saturated carbocycles. The van der Waals surface area contributed by atoms with E-state index in [-0.39, 0.29) is 6.71 Å². The van der Waals surface area contributed by atoms with Gasteiger partial charge in [0.25, 0.3) is 6.71 Å². The third-order valence-corrected chi connectivity index (χ3v) is 10.5. The van der Waals surface area contributed by atoms with E-state index in [9.17, 15) is 0 Å². The van der Waals surface area contributed by atoms with Gasteiger partial charge in [-0.1, -0.05) is 103 Å². The van der Waals surface area contributed by atoms with E-state index in [1.165, 1.54) is 21.7 Å². The van der Waals surface area contributed by atoms with E-state index in [2.05, 4.69) is 183 Å². The van der Waals surface area contributed by atoms with Crippen LogP contribution in [0.1, 0.15) is 0 Å². The van der Waals surface area contributed by atoms with Crippen LogP contribution in [0.4, 0.5) is 51.2 Å². The molecule has 3 aliphatic rings. The van der Waals surface area contributed by atoms with E-state index >= 15 is 0 Å². The molecule has 238 valence electrons. The molecular weight excluding hydrogens is 623 g/mol. The van der Waals surface area contributed by atoms with Gasteiger partial charge >= 0.3 is 0 Å². The van der Waals surface area contributed by atoms with Crippen LogP contribution in [-0.2, 0) is 0 Å². The summed E-state index contributed by atoms with van der Waals surface area (Å²) in [7, 11) is 0. The van der Waals surface area contributed by atoms with Crippen LogP contribution in [0, 0.1) is 0 Å². The van der Waals surface area contributed by atoms with Crippen molar-refractivity contribution in [1.82, 2.24) is 4.98 Å². The zero-order valence-corrected chi connectivity index (χ0v) is 27.5. The minimum absolute atomic E-state index is 0.0275. The lowest BCUT2D eigenvalue weighted by Gasteiger charge is -2.47. The Hall–Kier alpha value is -6.79. The van der Waals surface area contributed by atoms with E-state index in [4.69, 9.17) is 4.74 Å². The second-order valence-electron chi connectivity index (χ2n) is 13.2. The lowest BCUT2D eigenvalue weighted by Crippen LogP contribution is -2.59. The molecule has 0 aliphatic carbocycles. The molecule has 3 aliphatic heterocycles. The minimum Gasteiger partial charge on any atom is -0.458 e. The topological polar surface area (TPSA) is 31.8 Å². The molecular formula is C45H29BN4O. The van der Waals surface area contributed by atoms with Crippen molar-refractivity contribution < 1.29 is 4.74 Å². The number of aromatic nitrogens is 1. The van der Waals surface area contributed by atoms with Crippen LogP contribution in [0.3, 0.4) is 0 Å². The maximum Gasteiger partial charge on any atom is 0.256 e. The Labute approximate surface area is 296 Å². The van der Waals surface area contributed by atoms with Crippen LogP contribution >= 0.6 is 0 Å². The van der Waals surface area contributed by atoms with Crippen molar-refractivity contribution in [3.8, 4) is 11.5 Å². The molecule has 0 fully saturated rings. The summed E-state index contributed by atoms with van der Waals surface area (Å²) in [5, 5.41) is 2.37. The van der Waals surface area contributed by atoms with E-state index in [0.29, 0.717) is 0 Å². The summed E-state index contributed by atoms with van der Waals surface area (Å²) in [5.74, 6) is 1.75. The van der Waals surface area contributed by atoms with Crippen molar-refractivity contribution in [3.63, 3.8) is 0 Å². The fourth-order valence-electron chi connectivity index (χ4n) is 8.44. The number of nitrogens with zero attached hydrogens (tertiary/aromatic N) is 4. The third kappa shape index (κ3) is 4.02. The molecule has 0 atom stereocenters. The lowest BCUT2D eigenvalue weighted by atomic mass is 9.34. The lowest BCUT2D eigenvalue weighted by molar-refractivity contribution is 0.487. The first-order chi connectivity index (χ1) is 25.3. The molecule has 1 aromatic heterocycles. The van der Waals surface area contributed by atoms with E-state index in [1.54, 1.807) is 0 Å². The summed E-state index contributed by atoms with van der Waals surface area (Å²) in [6.45, 7) is -0.0275. The first-order valence-electron chi connectivity index (χ1n) is 17.3. The standard InChI is InChI=1S/C45H29BN4O/c1-2-15-31(16-3-1)49-38-21-9-10-22-39(38)50(36-23-12-14-30-13-4-5-17-33(30)36)40-29-42-43-45(44(40)49)48(32-25-27-47-28-26-32)37-20-8-6-18-34(37)46(43)35-19-7-11-24-41(35)51-42/h1-29H. The number of anilines is 9. The van der Waals surface area contributed by atoms with E-state index in [1.807, 2.05) is 12.4 Å². The molecule has 0 N–H and O–H groups in total. The van der Waals surface area contributed by atoms with Crippen molar-refractivity contribution in [2.45, 2.75) is 0 Å². The van der Waals surface area contributed by atoms with E-state index < -0.39 is 0 Å². The van der Waals surface area contributed by atoms with Gasteiger partial charge in [0.15, 0.2) is 0 Å². The van der Waals surface area contributed by atoms with Crippen molar-refractivity contribution in [3.05, 3.63) is 176 Å². The Balaban J connectivity index is 1.33. The molecule has 5 nitrogen and oxygen atoms in total. The van der Waals surface area contributed by atoms with Gasteiger partial charge in [0.05, 0.1) is 34.1 Å². The average molecular weight is 653 g/mol. The van der Waals surface area contributed by atoms with Gasteiger partial charge in [0.1, 0.15) is 11.5 Å². The van der Waals surface area contributed by atoms with Crippen LogP contribution in [-0.4, -0.2) is 11.7 Å². The van der Waals surface area contributed by atoms with Gasteiger partial charge in [0.2, 0.25) is 0 Å². The number of para-hydroxylation sites is 5. The van der Waals surface area contributed by atoms with Crippen molar-refractivity contribution in [2.75, 3.05) is 14.7 Å². The SMILES string of the molecule is c1ccc(N2c3ccccc3N(c3cccc4ccccc34)c3cc4c5c(c32)N(c2ccncc2)c2ccccc2B5c2ccccc2O4)cc1. The predicted molar refractivity (Wildman–Crippen MR) is 211 cm³/mol. The normalized spacial score (nSPS) is 13.5. The van der Waals surface area contributed by atoms with Crippen LogP contribution in [0.5, 0.6) is 11.5 Å². The van der Waals surface area contributed by atoms with Crippen LogP contribution in [0.15, 0.2) is 176 Å². The molecule has 11 rings (SSSR count). The smallest absolute Gasteiger partial charge is 0.256 e. The number of hydrogen-bond acceptors (Lipinski definition) is 5. The molecule has 4 heterocycles. The summed E-state index contributed by atoms with van der Waals surface area (Å²) in [6.07, 6.45) is 3.76. The summed E-state index contributed by atoms with van der Waals surface area (Å²) < 4.78 is 7.01. The van der Waals surface area contributed by atoms with E-state index in [0.717, 1.165) is 68.1 Å². The predicted octanol–water partition coefficient (Wildman–Crippen LogP) is 9.89. The highest BCUT2D eigenvalue weighted by Crippen LogP contribution is 2.60. The summed E-state index contributed by atoms with van der Waals surface area (Å²) in [4.78, 5) is 11.7. The number of ether oxygens (including phenoxy) is 1. The Morgan fingerprint density at radius 3 is 1.88 bits per heavy atom. The number of fused-ring (bicyclic) bond motifs is 8. The zero-order chi connectivity index (χ0) is 33.5. The highest BCUT2D eigenvalue weighted by Gasteiger charge is 2.46. The molecule has 51 heavy (non-hydrogen) atoms. The highest BCUT2D eigenvalue weighted by molar-refractivity contribution is 6.99. The average Bonchev–Trinajstić information content (AvgIpc) is 3.20. The second kappa shape index (κ2) is 10.9. The van der Waals surface area contributed by atoms with Crippen molar-refractivity contribution >= 4 is 85.1 Å². The molecule has 0 radical (unpaired) electrons. The molecule has 0 bridgehead atoms. The largest absolute Gasteiger partial charge is 0.458 e. The van der Waals surface area contributed by atoms with Gasteiger partial charge < -0.3 is 19.4 Å². The molecule has 0 spiro atoms. The maximum absolute atomic E-state index is 7.01. The number of rotatable bonds is 3. The molecule has 8 aromatic rings. The third-order valence-electron chi connectivity index (χ3n) is 10.5. The molecule has 0 amide bonds. The summed E-state index contributed by atoms with van der Waals surface area (Å²) >= 11 is 0. The Morgan fingerprint density at radius 1 is 0.431 bits per heavy atom. The fraction of sp³-hybridized carbons (Fsp3) is 0. The molecule has 7 aromatic carbocycles. The van der Waals surface area contributed by atoms with Crippen LogP contribution in [0.2, 0.25) is 0 Å². The first kappa shape index (κ1) is 28.1. The van der Waals surface area contributed by atoms with Gasteiger partial charge in [0, 0.05) is 40.9 Å². The van der Waals surface area contributed by atoms with Gasteiger partial charge in [-0.3, -0.25) is 4.98 Å². The minimum atomic E-state index is -0.0275. The summed E-state index contributed by atoms with van der Waals surface area (Å²) in [5.41, 5.74) is 13.4. The van der Waals surface area contributed by atoms with Gasteiger partial charge in [-0.05, 0) is 76.4 Å². The highest BCUT2D eigenvalue weighted by atomic mass is 16.5. The van der Waals surface area contributed by atoms with Crippen molar-refractivity contribution in [1.29, 1.82) is 0 Å². The maximum atomic E-state index is 7.01. The molecule has 0 saturated heterocycles. The molecule has 0 unspecified atom stereocenters. The number of benzene rings is 7. The summed E-state index contributed by atoms with van der Waals surface area (Å²) in [6, 6.07) is 58.5. The van der Waals surface area contributed by atoms with Crippen LogP contribution < -0.4 is 35.8 Å². The number of pyridine rings is 1. The Bertz CT molecular complexity index is 2660. The molecule has 6 heteroatoms. The second-order valence-corrected chi connectivity index (χ2v) is 13.2. The Morgan fingerprint density at radius 2 is 1.04 bits per heavy atom. The Kier molecular flexibility index (Phi) is 5.98.